The lowest BCUT2D eigenvalue weighted by molar-refractivity contribution is -0.122. The zero-order valence-electron chi connectivity index (χ0n) is 20.4. The highest BCUT2D eigenvalue weighted by Gasteiger charge is 2.30. The van der Waals surface area contributed by atoms with E-state index < -0.39 is 15.9 Å². The number of sulfonamides is 1. The summed E-state index contributed by atoms with van der Waals surface area (Å²) in [6, 6.07) is 11.8. The van der Waals surface area contributed by atoms with Gasteiger partial charge in [0, 0.05) is 37.1 Å². The minimum atomic E-state index is -3.19. The van der Waals surface area contributed by atoms with Crippen molar-refractivity contribution >= 4 is 32.7 Å². The van der Waals surface area contributed by atoms with Gasteiger partial charge < -0.3 is 16.0 Å². The number of hydrogen-bond donors (Lipinski definition) is 3. The number of primary amides is 1. The molecule has 5 rings (SSSR count). The molecule has 0 unspecified atom stereocenters. The summed E-state index contributed by atoms with van der Waals surface area (Å²) in [6.07, 6.45) is 5.34. The van der Waals surface area contributed by atoms with Crippen molar-refractivity contribution in [2.75, 3.05) is 18.8 Å². The molecule has 9 heteroatoms. The summed E-state index contributed by atoms with van der Waals surface area (Å²) in [5, 5.41) is 3.92. The fourth-order valence-corrected chi connectivity index (χ4v) is 6.21. The van der Waals surface area contributed by atoms with Crippen molar-refractivity contribution in [1.82, 2.24) is 14.6 Å². The van der Waals surface area contributed by atoms with Crippen molar-refractivity contribution in [2.24, 2.45) is 11.7 Å². The van der Waals surface area contributed by atoms with E-state index in [1.165, 1.54) is 0 Å². The van der Waals surface area contributed by atoms with Gasteiger partial charge in [-0.2, -0.15) is 0 Å². The Labute approximate surface area is 211 Å². The number of carbonyl (C=O) groups is 2. The lowest BCUT2D eigenvalue weighted by Crippen LogP contribution is -2.38. The highest BCUT2D eigenvalue weighted by atomic mass is 32.2. The molecule has 2 amide bonds. The van der Waals surface area contributed by atoms with E-state index in [0.717, 1.165) is 53.3 Å². The largest absolute Gasteiger partial charge is 0.366 e. The van der Waals surface area contributed by atoms with Gasteiger partial charge in [0.05, 0.1) is 16.8 Å². The Morgan fingerprint density at radius 1 is 1.06 bits per heavy atom. The molecule has 1 saturated heterocycles. The van der Waals surface area contributed by atoms with Crippen LogP contribution in [0.15, 0.2) is 42.6 Å². The lowest BCUT2D eigenvalue weighted by Gasteiger charge is -2.31. The third-order valence-electron chi connectivity index (χ3n) is 7.44. The highest BCUT2D eigenvalue weighted by Crippen LogP contribution is 2.37. The standard InChI is InChI=1S/C27H32N4O4S/c1-2-36(34,35)31-11-9-19(10-12-31)24-16-29-25-22(24)13-21(14-23(25)26(28)32)18-5-3-17(4-6-18)15-30-27(33)20-7-8-20/h3-6,13-14,16,19-20,29H,2,7-12,15H2,1H3,(H2,28,32)(H,30,33). The van der Waals surface area contributed by atoms with Gasteiger partial charge in [-0.05, 0) is 72.9 Å². The van der Waals surface area contributed by atoms with Crippen molar-refractivity contribution in [1.29, 1.82) is 0 Å². The fraction of sp³-hybridized carbons (Fsp3) is 0.407. The number of aromatic nitrogens is 1. The average Bonchev–Trinajstić information content (AvgIpc) is 3.66. The van der Waals surface area contributed by atoms with Crippen molar-refractivity contribution in [3.05, 3.63) is 59.3 Å². The van der Waals surface area contributed by atoms with Gasteiger partial charge in [0.15, 0.2) is 0 Å². The average molecular weight is 509 g/mol. The summed E-state index contributed by atoms with van der Waals surface area (Å²) >= 11 is 0. The van der Waals surface area contributed by atoms with E-state index in [9.17, 15) is 18.0 Å². The van der Waals surface area contributed by atoms with Crippen molar-refractivity contribution in [3.63, 3.8) is 0 Å². The van der Waals surface area contributed by atoms with Crippen LogP contribution in [0.5, 0.6) is 0 Å². The van der Waals surface area contributed by atoms with Crippen LogP contribution in [0.25, 0.3) is 22.0 Å². The minimum Gasteiger partial charge on any atom is -0.366 e. The third kappa shape index (κ3) is 4.90. The summed E-state index contributed by atoms with van der Waals surface area (Å²) in [5.74, 6) is 0.103. The molecule has 2 fully saturated rings. The van der Waals surface area contributed by atoms with Gasteiger partial charge in [-0.25, -0.2) is 12.7 Å². The number of nitrogens with two attached hydrogens (primary N) is 1. The van der Waals surface area contributed by atoms with Gasteiger partial charge in [0.2, 0.25) is 15.9 Å². The quantitative estimate of drug-likeness (QED) is 0.431. The van der Waals surface area contributed by atoms with Gasteiger partial charge in [0.25, 0.3) is 5.91 Å². The van der Waals surface area contributed by atoms with E-state index in [-0.39, 0.29) is 23.5 Å². The maximum Gasteiger partial charge on any atom is 0.250 e. The summed E-state index contributed by atoms with van der Waals surface area (Å²) in [5.41, 5.74) is 10.8. The molecule has 8 nitrogen and oxygen atoms in total. The first-order valence-corrected chi connectivity index (χ1v) is 14.2. The molecule has 1 aliphatic heterocycles. The smallest absolute Gasteiger partial charge is 0.250 e. The summed E-state index contributed by atoms with van der Waals surface area (Å²) in [4.78, 5) is 27.5. The van der Waals surface area contributed by atoms with Crippen LogP contribution in [-0.4, -0.2) is 48.4 Å². The SMILES string of the molecule is CCS(=O)(=O)N1CCC(c2c[nH]c3c(C(N)=O)cc(-c4ccc(CNC(=O)C5CC5)cc4)cc23)CC1. The summed E-state index contributed by atoms with van der Waals surface area (Å²) < 4.78 is 26.1. The first-order chi connectivity index (χ1) is 17.3. The van der Waals surface area contributed by atoms with Crippen LogP contribution in [0.1, 0.15) is 60.0 Å². The first-order valence-electron chi connectivity index (χ1n) is 12.6. The molecule has 0 bridgehead atoms. The van der Waals surface area contributed by atoms with Crippen LogP contribution >= 0.6 is 0 Å². The van der Waals surface area contributed by atoms with Crippen molar-refractivity contribution in [2.45, 2.75) is 45.1 Å². The van der Waals surface area contributed by atoms with Crippen molar-refractivity contribution in [3.8, 4) is 11.1 Å². The Morgan fingerprint density at radius 3 is 2.36 bits per heavy atom. The Balaban J connectivity index is 1.41. The van der Waals surface area contributed by atoms with Crippen LogP contribution in [0.2, 0.25) is 0 Å². The molecule has 3 aromatic rings. The Hall–Kier alpha value is -3.17. The zero-order valence-corrected chi connectivity index (χ0v) is 21.2. The number of benzene rings is 2. The zero-order chi connectivity index (χ0) is 25.4. The molecular weight excluding hydrogens is 476 g/mol. The molecule has 2 aliphatic rings. The van der Waals surface area contributed by atoms with Crippen LogP contribution < -0.4 is 11.1 Å². The van der Waals surface area contributed by atoms with E-state index >= 15 is 0 Å². The monoisotopic (exact) mass is 508 g/mol. The van der Waals surface area contributed by atoms with E-state index in [0.29, 0.717) is 30.7 Å². The Bertz CT molecular complexity index is 1400. The van der Waals surface area contributed by atoms with E-state index in [1.54, 1.807) is 11.2 Å². The highest BCUT2D eigenvalue weighted by molar-refractivity contribution is 7.89. The summed E-state index contributed by atoms with van der Waals surface area (Å²) in [7, 11) is -3.19. The number of fused-ring (bicyclic) bond motifs is 1. The van der Waals surface area contributed by atoms with Gasteiger partial charge in [-0.3, -0.25) is 9.59 Å². The number of hydrogen-bond acceptors (Lipinski definition) is 4. The molecule has 2 heterocycles. The maximum absolute atomic E-state index is 12.3. The van der Waals surface area contributed by atoms with Gasteiger partial charge >= 0.3 is 0 Å². The number of nitrogens with zero attached hydrogens (tertiary/aromatic N) is 1. The molecule has 4 N–H and O–H groups in total. The molecule has 0 spiro atoms. The van der Waals surface area contributed by atoms with Crippen molar-refractivity contribution < 1.29 is 18.0 Å². The van der Waals surface area contributed by atoms with Crippen LogP contribution in [-0.2, 0) is 21.4 Å². The molecule has 0 radical (unpaired) electrons. The van der Waals surface area contributed by atoms with Crippen LogP contribution in [0.4, 0.5) is 0 Å². The second-order valence-electron chi connectivity index (χ2n) is 9.82. The van der Waals surface area contributed by atoms with Crippen LogP contribution in [0, 0.1) is 5.92 Å². The number of piperidine rings is 1. The topological polar surface area (TPSA) is 125 Å². The molecule has 36 heavy (non-hydrogen) atoms. The molecule has 1 aromatic heterocycles. The number of nitrogens with one attached hydrogen (secondary N) is 2. The molecule has 190 valence electrons. The lowest BCUT2D eigenvalue weighted by atomic mass is 9.88. The number of carbonyl (C=O) groups excluding carboxylic acids is 2. The fourth-order valence-electron chi connectivity index (χ4n) is 5.07. The Kier molecular flexibility index (Phi) is 6.61. The van der Waals surface area contributed by atoms with E-state index in [4.69, 9.17) is 5.73 Å². The normalized spacial score (nSPS) is 17.4. The summed E-state index contributed by atoms with van der Waals surface area (Å²) in [6.45, 7) is 3.16. The van der Waals surface area contributed by atoms with Gasteiger partial charge in [0.1, 0.15) is 0 Å². The second-order valence-corrected chi connectivity index (χ2v) is 12.1. The molecular formula is C27H32N4O4S. The van der Waals surface area contributed by atoms with Gasteiger partial charge in [-0.1, -0.05) is 24.3 Å². The van der Waals surface area contributed by atoms with Crippen LogP contribution in [0.3, 0.4) is 0 Å². The maximum atomic E-state index is 12.3. The Morgan fingerprint density at radius 2 is 1.75 bits per heavy atom. The van der Waals surface area contributed by atoms with Gasteiger partial charge in [-0.15, -0.1) is 0 Å². The predicted molar refractivity (Wildman–Crippen MR) is 140 cm³/mol. The molecule has 1 aliphatic carbocycles. The number of amides is 2. The van der Waals surface area contributed by atoms with E-state index in [2.05, 4.69) is 16.4 Å². The number of H-pyrrole nitrogens is 1. The molecule has 0 atom stereocenters. The second kappa shape index (κ2) is 9.71. The first kappa shape index (κ1) is 24.5. The number of aromatic amines is 1. The number of rotatable bonds is 8. The minimum absolute atomic E-state index is 0.113. The third-order valence-corrected chi connectivity index (χ3v) is 9.32. The van der Waals surface area contributed by atoms with E-state index in [1.807, 2.05) is 36.5 Å². The molecule has 2 aromatic carbocycles. The molecule has 1 saturated carbocycles. The predicted octanol–water partition coefficient (Wildman–Crippen LogP) is 3.49.